The monoisotopic (exact) mass is 346 g/mol. The third-order valence-corrected chi connectivity index (χ3v) is 3.21. The first-order valence-corrected chi connectivity index (χ1v) is 7.77. The molecule has 0 atom stereocenters. The molecule has 9 heteroatoms. The van der Waals surface area contributed by atoms with Gasteiger partial charge in [0.1, 0.15) is 5.10 Å². The molecule has 0 spiro atoms. The summed E-state index contributed by atoms with van der Waals surface area (Å²) in [6, 6.07) is 9.18. The number of ketones is 1. The first-order chi connectivity index (χ1) is 12.0. The van der Waals surface area contributed by atoms with Gasteiger partial charge in [-0.2, -0.15) is 9.98 Å². The van der Waals surface area contributed by atoms with Crippen molar-refractivity contribution in [2.24, 2.45) is 21.0 Å². The van der Waals surface area contributed by atoms with Gasteiger partial charge in [0.15, 0.2) is 16.7 Å². The van der Waals surface area contributed by atoms with Gasteiger partial charge in [0.05, 0.1) is 13.2 Å². The number of carbonyl (C=O) groups is 1. The molecular formula is C16H18N4O5. The Morgan fingerprint density at radius 3 is 2.20 bits per heavy atom. The second kappa shape index (κ2) is 8.67. The summed E-state index contributed by atoms with van der Waals surface area (Å²) in [6.45, 7) is 3.91. The Hall–Kier alpha value is -3.10. The topological polar surface area (TPSA) is 116 Å². The minimum atomic E-state index is -0.953. The second-order valence-corrected chi connectivity index (χ2v) is 4.97. The van der Waals surface area contributed by atoms with Crippen molar-refractivity contribution in [3.8, 4) is 0 Å². The zero-order valence-electron chi connectivity index (χ0n) is 13.9. The van der Waals surface area contributed by atoms with Gasteiger partial charge in [-0.1, -0.05) is 30.3 Å². The molecule has 0 N–H and O–H groups in total. The van der Waals surface area contributed by atoms with Gasteiger partial charge in [0.2, 0.25) is 11.8 Å². The van der Waals surface area contributed by atoms with Crippen LogP contribution in [0.15, 0.2) is 45.4 Å². The van der Waals surface area contributed by atoms with E-state index in [1.54, 1.807) is 13.8 Å². The van der Waals surface area contributed by atoms with Gasteiger partial charge >= 0.3 is 5.96 Å². The Morgan fingerprint density at radius 1 is 1.16 bits per heavy atom. The van der Waals surface area contributed by atoms with Crippen molar-refractivity contribution in [1.29, 1.82) is 0 Å². The summed E-state index contributed by atoms with van der Waals surface area (Å²) < 4.78 is 10.8. The van der Waals surface area contributed by atoms with Crippen LogP contribution in [0.1, 0.15) is 19.4 Å². The van der Waals surface area contributed by atoms with Crippen LogP contribution in [0.4, 0.5) is 0 Å². The van der Waals surface area contributed by atoms with Crippen LogP contribution in [0, 0.1) is 16.0 Å². The molecule has 1 aromatic carbocycles. The molecule has 9 nitrogen and oxygen atoms in total. The third kappa shape index (κ3) is 4.93. The van der Waals surface area contributed by atoms with E-state index in [-0.39, 0.29) is 37.2 Å². The number of hydrazone groups is 1. The summed E-state index contributed by atoms with van der Waals surface area (Å²) in [5.74, 6) is -1.60. The van der Waals surface area contributed by atoms with Crippen molar-refractivity contribution in [1.82, 2.24) is 0 Å². The summed E-state index contributed by atoms with van der Waals surface area (Å²) in [5.41, 5.74) is 0.823. The number of benzene rings is 1. The Balaban J connectivity index is 2.35. The minimum absolute atomic E-state index is 0.00230. The molecule has 1 heterocycles. The van der Waals surface area contributed by atoms with Crippen LogP contribution in [0.3, 0.4) is 0 Å². The van der Waals surface area contributed by atoms with Gasteiger partial charge in [-0.25, -0.2) is 10.1 Å². The summed E-state index contributed by atoms with van der Waals surface area (Å²) in [7, 11) is 0. The van der Waals surface area contributed by atoms with Gasteiger partial charge in [-0.3, -0.25) is 4.79 Å². The summed E-state index contributed by atoms with van der Waals surface area (Å²) in [5, 5.41) is 12.7. The highest BCUT2D eigenvalue weighted by molar-refractivity contribution is 6.24. The molecule has 0 unspecified atom stereocenters. The SMILES string of the molecule is CCOC1=NC(=N[N+](=O)[O-])N=C(OCC)C1C(=O)Cc1ccccc1. The zero-order chi connectivity index (χ0) is 18.2. The largest absolute Gasteiger partial charge is 0.480 e. The summed E-state index contributed by atoms with van der Waals surface area (Å²) >= 11 is 0. The smallest absolute Gasteiger partial charge is 0.327 e. The van der Waals surface area contributed by atoms with Gasteiger partial charge < -0.3 is 9.47 Å². The van der Waals surface area contributed by atoms with Crippen LogP contribution in [0.2, 0.25) is 0 Å². The second-order valence-electron chi connectivity index (χ2n) is 4.97. The minimum Gasteiger partial charge on any atom is -0.480 e. The number of nitrogens with zero attached hydrogens (tertiary/aromatic N) is 4. The predicted molar refractivity (Wildman–Crippen MR) is 91.2 cm³/mol. The van der Waals surface area contributed by atoms with Crippen LogP contribution in [-0.4, -0.2) is 41.8 Å². The molecule has 2 rings (SSSR count). The van der Waals surface area contributed by atoms with Crippen LogP contribution in [-0.2, 0) is 20.7 Å². The van der Waals surface area contributed by atoms with E-state index in [0.717, 1.165) is 5.56 Å². The zero-order valence-corrected chi connectivity index (χ0v) is 13.9. The maximum Gasteiger partial charge on any atom is 0.327 e. The molecular weight excluding hydrogens is 328 g/mol. The number of hydrogen-bond donors (Lipinski definition) is 0. The molecule has 132 valence electrons. The molecule has 0 saturated carbocycles. The number of aliphatic imine (C=N–C) groups is 2. The lowest BCUT2D eigenvalue weighted by molar-refractivity contribution is -0.485. The number of rotatable bonds is 6. The van der Waals surface area contributed by atoms with Crippen LogP contribution in [0.5, 0.6) is 0 Å². The fourth-order valence-corrected chi connectivity index (χ4v) is 2.28. The Bertz CT molecular complexity index is 701. The number of guanidine groups is 1. The first kappa shape index (κ1) is 18.2. The quantitative estimate of drug-likeness (QED) is 0.575. The van der Waals surface area contributed by atoms with E-state index in [9.17, 15) is 14.9 Å². The average Bonchev–Trinajstić information content (AvgIpc) is 2.55. The molecule has 1 aliphatic heterocycles. The molecule has 1 aliphatic rings. The third-order valence-electron chi connectivity index (χ3n) is 3.21. The number of carbonyl (C=O) groups excluding carboxylic acids is 1. The number of Topliss-reactive ketones (excluding diaryl/α,β-unsaturated/α-hetero) is 1. The molecule has 0 radical (unpaired) electrons. The van der Waals surface area contributed by atoms with E-state index in [4.69, 9.17) is 9.47 Å². The number of nitro groups is 1. The van der Waals surface area contributed by atoms with Crippen LogP contribution < -0.4 is 0 Å². The lowest BCUT2D eigenvalue weighted by Crippen LogP contribution is -2.39. The number of hydrogen-bond acceptors (Lipinski definition) is 5. The first-order valence-electron chi connectivity index (χ1n) is 7.77. The Kier molecular flexibility index (Phi) is 6.33. The number of ether oxygens (including phenoxy) is 2. The Morgan fingerprint density at radius 2 is 1.72 bits per heavy atom. The Labute approximate surface area is 144 Å². The lowest BCUT2D eigenvalue weighted by Gasteiger charge is -2.22. The highest BCUT2D eigenvalue weighted by atomic mass is 16.7. The fourth-order valence-electron chi connectivity index (χ4n) is 2.28. The highest BCUT2D eigenvalue weighted by Crippen LogP contribution is 2.17. The van der Waals surface area contributed by atoms with Crippen molar-refractivity contribution < 1.29 is 19.3 Å². The maximum absolute atomic E-state index is 12.8. The van der Waals surface area contributed by atoms with E-state index in [2.05, 4.69) is 15.1 Å². The van der Waals surface area contributed by atoms with E-state index in [1.807, 2.05) is 30.3 Å². The van der Waals surface area contributed by atoms with Crippen molar-refractivity contribution in [3.63, 3.8) is 0 Å². The molecule has 0 aliphatic carbocycles. The molecule has 1 aromatic rings. The van der Waals surface area contributed by atoms with E-state index in [0.29, 0.717) is 0 Å². The average molecular weight is 346 g/mol. The van der Waals surface area contributed by atoms with Crippen molar-refractivity contribution in [3.05, 3.63) is 46.0 Å². The van der Waals surface area contributed by atoms with Crippen LogP contribution >= 0.6 is 0 Å². The van der Waals surface area contributed by atoms with Crippen molar-refractivity contribution in [2.75, 3.05) is 13.2 Å². The molecule has 25 heavy (non-hydrogen) atoms. The van der Waals surface area contributed by atoms with E-state index in [1.165, 1.54) is 0 Å². The molecule has 0 bridgehead atoms. The van der Waals surface area contributed by atoms with Crippen molar-refractivity contribution >= 4 is 23.5 Å². The maximum atomic E-state index is 12.8. The van der Waals surface area contributed by atoms with Gasteiger partial charge in [-0.05, 0) is 19.4 Å². The van der Waals surface area contributed by atoms with Gasteiger partial charge in [0.25, 0.3) is 0 Å². The molecule has 0 aromatic heterocycles. The molecule has 0 fully saturated rings. The van der Waals surface area contributed by atoms with Crippen LogP contribution in [0.25, 0.3) is 0 Å². The fraction of sp³-hybridized carbons (Fsp3) is 0.375. The molecule has 0 amide bonds. The standard InChI is InChI=1S/C16H18N4O5/c1-3-24-14-13(12(21)10-11-8-6-5-7-9-11)15(25-4-2)18-16(17-14)19-20(22)23/h5-9,13H,3-4,10H2,1-2H3. The van der Waals surface area contributed by atoms with E-state index >= 15 is 0 Å². The summed E-state index contributed by atoms with van der Waals surface area (Å²) in [6.07, 6.45) is 0.130. The van der Waals surface area contributed by atoms with Gasteiger partial charge in [-0.15, -0.1) is 0 Å². The lowest BCUT2D eigenvalue weighted by atomic mass is 9.96. The highest BCUT2D eigenvalue weighted by Gasteiger charge is 2.37. The predicted octanol–water partition coefficient (Wildman–Crippen LogP) is 1.85. The van der Waals surface area contributed by atoms with E-state index < -0.39 is 16.9 Å². The summed E-state index contributed by atoms with van der Waals surface area (Å²) in [4.78, 5) is 31.2. The van der Waals surface area contributed by atoms with Gasteiger partial charge in [0, 0.05) is 6.42 Å². The normalized spacial score (nSPS) is 16.6. The van der Waals surface area contributed by atoms with Crippen molar-refractivity contribution in [2.45, 2.75) is 20.3 Å². The molecule has 0 saturated heterocycles.